The molecule has 3 nitrogen and oxygen atoms in total. The molecule has 0 atom stereocenters. The highest BCUT2D eigenvalue weighted by Crippen LogP contribution is 2.12. The first kappa shape index (κ1) is 18.2. The van der Waals surface area contributed by atoms with Crippen LogP contribution in [0, 0.1) is 12.8 Å². The summed E-state index contributed by atoms with van der Waals surface area (Å²) in [6.07, 6.45) is 7.02. The van der Waals surface area contributed by atoms with Crippen LogP contribution in [0.4, 0.5) is 0 Å². The molecular weight excluding hydrogens is 282 g/mol. The number of aryl methyl sites for hydroxylation is 1. The summed E-state index contributed by atoms with van der Waals surface area (Å²) in [7, 11) is -3.34. The Morgan fingerprint density at radius 1 is 0.952 bits per heavy atom. The van der Waals surface area contributed by atoms with Crippen molar-refractivity contribution in [3.8, 4) is 0 Å². The van der Waals surface area contributed by atoms with Crippen LogP contribution >= 0.6 is 0 Å². The lowest BCUT2D eigenvalue weighted by Gasteiger charge is -2.07. The number of sulfonamides is 1. The average molecular weight is 311 g/mol. The molecule has 120 valence electrons. The van der Waals surface area contributed by atoms with Crippen LogP contribution in [0.2, 0.25) is 0 Å². The van der Waals surface area contributed by atoms with Gasteiger partial charge in [-0.2, -0.15) is 0 Å². The molecule has 0 aliphatic heterocycles. The molecule has 0 spiro atoms. The van der Waals surface area contributed by atoms with Crippen LogP contribution < -0.4 is 4.72 Å². The van der Waals surface area contributed by atoms with E-state index in [1.54, 1.807) is 12.1 Å². The van der Waals surface area contributed by atoms with E-state index in [1.165, 1.54) is 25.7 Å². The molecule has 0 radical (unpaired) electrons. The van der Waals surface area contributed by atoms with Gasteiger partial charge in [-0.25, -0.2) is 13.1 Å². The zero-order valence-electron chi connectivity index (χ0n) is 13.6. The lowest BCUT2D eigenvalue weighted by molar-refractivity contribution is 0.513. The molecule has 0 aliphatic carbocycles. The summed E-state index contributed by atoms with van der Waals surface area (Å²) >= 11 is 0. The zero-order chi connectivity index (χ0) is 15.7. The Balaban J connectivity index is 2.18. The first-order valence-electron chi connectivity index (χ1n) is 7.98. The minimum Gasteiger partial charge on any atom is -0.211 e. The number of unbranched alkanes of at least 4 members (excludes halogenated alkanes) is 4. The lowest BCUT2D eigenvalue weighted by Crippen LogP contribution is -2.24. The molecule has 1 rings (SSSR count). The van der Waals surface area contributed by atoms with Gasteiger partial charge in [0.05, 0.1) is 4.90 Å². The first-order chi connectivity index (χ1) is 9.92. The van der Waals surface area contributed by atoms with Crippen molar-refractivity contribution in [1.29, 1.82) is 0 Å². The standard InChI is InChI=1S/C17H29NO2S/c1-15(2)9-7-5-4-6-8-14-18-21(19,20)17-12-10-16(3)11-13-17/h10-13,15,18H,4-9,14H2,1-3H3. The molecule has 21 heavy (non-hydrogen) atoms. The molecule has 0 saturated carbocycles. The summed E-state index contributed by atoms with van der Waals surface area (Å²) in [4.78, 5) is 0.352. The van der Waals surface area contributed by atoms with Gasteiger partial charge in [-0.1, -0.05) is 63.6 Å². The third kappa shape index (κ3) is 7.63. The Labute approximate surface area is 130 Å². The summed E-state index contributed by atoms with van der Waals surface area (Å²) in [6, 6.07) is 6.96. The average Bonchev–Trinajstić information content (AvgIpc) is 2.42. The predicted octanol–water partition coefficient (Wildman–Crippen LogP) is 4.27. The molecule has 1 aromatic carbocycles. The van der Waals surface area contributed by atoms with Gasteiger partial charge in [0.1, 0.15) is 0 Å². The number of rotatable bonds is 10. The molecule has 1 aromatic rings. The predicted molar refractivity (Wildman–Crippen MR) is 88.9 cm³/mol. The van der Waals surface area contributed by atoms with E-state index in [-0.39, 0.29) is 0 Å². The monoisotopic (exact) mass is 311 g/mol. The normalized spacial score (nSPS) is 12.0. The minimum atomic E-state index is -3.34. The number of benzene rings is 1. The SMILES string of the molecule is Cc1ccc(S(=O)(=O)NCCCCCCCC(C)C)cc1. The van der Waals surface area contributed by atoms with Gasteiger partial charge in [0.15, 0.2) is 0 Å². The fourth-order valence-electron chi connectivity index (χ4n) is 2.22. The van der Waals surface area contributed by atoms with Crippen molar-refractivity contribution in [3.63, 3.8) is 0 Å². The van der Waals surface area contributed by atoms with Crippen molar-refractivity contribution in [2.24, 2.45) is 5.92 Å². The molecule has 4 heteroatoms. The quantitative estimate of drug-likeness (QED) is 0.656. The van der Waals surface area contributed by atoms with E-state index in [0.717, 1.165) is 24.3 Å². The maximum atomic E-state index is 12.0. The summed E-state index contributed by atoms with van der Waals surface area (Å²) in [5, 5.41) is 0. The molecular formula is C17H29NO2S. The topological polar surface area (TPSA) is 46.2 Å². The summed E-state index contributed by atoms with van der Waals surface area (Å²) in [5.41, 5.74) is 1.07. The Bertz CT molecular complexity index is 492. The first-order valence-corrected chi connectivity index (χ1v) is 9.46. The fourth-order valence-corrected chi connectivity index (χ4v) is 3.29. The molecule has 0 fully saturated rings. The molecule has 0 unspecified atom stereocenters. The Morgan fingerprint density at radius 2 is 1.52 bits per heavy atom. The van der Waals surface area contributed by atoms with Crippen LogP contribution in [-0.2, 0) is 10.0 Å². The smallest absolute Gasteiger partial charge is 0.211 e. The van der Waals surface area contributed by atoms with E-state index in [2.05, 4.69) is 18.6 Å². The van der Waals surface area contributed by atoms with Crippen molar-refractivity contribution in [3.05, 3.63) is 29.8 Å². The summed E-state index contributed by atoms with van der Waals surface area (Å²) in [5.74, 6) is 0.784. The molecule has 0 aromatic heterocycles. The number of hydrogen-bond acceptors (Lipinski definition) is 2. The lowest BCUT2D eigenvalue weighted by atomic mass is 10.0. The highest BCUT2D eigenvalue weighted by molar-refractivity contribution is 7.89. The summed E-state index contributed by atoms with van der Waals surface area (Å²) < 4.78 is 26.8. The maximum absolute atomic E-state index is 12.0. The van der Waals surface area contributed by atoms with Gasteiger partial charge in [0, 0.05) is 6.54 Å². The van der Waals surface area contributed by atoms with Crippen molar-refractivity contribution in [2.45, 2.75) is 64.2 Å². The van der Waals surface area contributed by atoms with Crippen molar-refractivity contribution in [2.75, 3.05) is 6.54 Å². The van der Waals surface area contributed by atoms with Crippen molar-refractivity contribution >= 4 is 10.0 Å². The molecule has 0 amide bonds. The highest BCUT2D eigenvalue weighted by Gasteiger charge is 2.12. The largest absolute Gasteiger partial charge is 0.240 e. The fraction of sp³-hybridized carbons (Fsp3) is 0.647. The van der Waals surface area contributed by atoms with Gasteiger partial charge in [-0.3, -0.25) is 0 Å². The van der Waals surface area contributed by atoms with Gasteiger partial charge in [0.25, 0.3) is 0 Å². The maximum Gasteiger partial charge on any atom is 0.240 e. The van der Waals surface area contributed by atoms with Gasteiger partial charge in [0.2, 0.25) is 10.0 Å². The van der Waals surface area contributed by atoms with E-state index in [1.807, 2.05) is 19.1 Å². The van der Waals surface area contributed by atoms with E-state index < -0.39 is 10.0 Å². The Kier molecular flexibility index (Phi) is 7.97. The summed E-state index contributed by atoms with van der Waals surface area (Å²) in [6.45, 7) is 6.98. The Hall–Kier alpha value is -0.870. The second-order valence-corrected chi connectivity index (χ2v) is 7.93. The molecule has 0 heterocycles. The van der Waals surface area contributed by atoms with Gasteiger partial charge in [-0.15, -0.1) is 0 Å². The van der Waals surface area contributed by atoms with Gasteiger partial charge in [-0.05, 0) is 31.4 Å². The molecule has 0 saturated heterocycles. The number of hydrogen-bond donors (Lipinski definition) is 1. The van der Waals surface area contributed by atoms with Crippen LogP contribution in [0.3, 0.4) is 0 Å². The third-order valence-corrected chi connectivity index (χ3v) is 5.06. The Morgan fingerprint density at radius 3 is 2.14 bits per heavy atom. The van der Waals surface area contributed by atoms with Crippen LogP contribution in [0.15, 0.2) is 29.2 Å². The third-order valence-electron chi connectivity index (χ3n) is 3.58. The van der Waals surface area contributed by atoms with E-state index in [0.29, 0.717) is 11.4 Å². The second kappa shape index (κ2) is 9.21. The van der Waals surface area contributed by atoms with Crippen LogP contribution in [0.5, 0.6) is 0 Å². The van der Waals surface area contributed by atoms with Crippen molar-refractivity contribution in [1.82, 2.24) is 4.72 Å². The number of nitrogens with one attached hydrogen (secondary N) is 1. The van der Waals surface area contributed by atoms with E-state index in [4.69, 9.17) is 0 Å². The van der Waals surface area contributed by atoms with E-state index >= 15 is 0 Å². The molecule has 0 bridgehead atoms. The van der Waals surface area contributed by atoms with Crippen LogP contribution in [0.25, 0.3) is 0 Å². The molecule has 0 aliphatic rings. The van der Waals surface area contributed by atoms with Crippen LogP contribution in [-0.4, -0.2) is 15.0 Å². The van der Waals surface area contributed by atoms with E-state index in [9.17, 15) is 8.42 Å². The second-order valence-electron chi connectivity index (χ2n) is 6.16. The zero-order valence-corrected chi connectivity index (χ0v) is 14.4. The van der Waals surface area contributed by atoms with Crippen LogP contribution in [0.1, 0.15) is 57.9 Å². The van der Waals surface area contributed by atoms with Gasteiger partial charge < -0.3 is 0 Å². The van der Waals surface area contributed by atoms with Gasteiger partial charge >= 0.3 is 0 Å². The van der Waals surface area contributed by atoms with Crippen molar-refractivity contribution < 1.29 is 8.42 Å². The molecule has 1 N–H and O–H groups in total. The minimum absolute atomic E-state index is 0.352. The highest BCUT2D eigenvalue weighted by atomic mass is 32.2.